The average molecular weight is 420 g/mol. The van der Waals surface area contributed by atoms with Crippen molar-refractivity contribution in [3.05, 3.63) is 59.7 Å². The monoisotopic (exact) mass is 419 g/mol. The van der Waals surface area contributed by atoms with E-state index < -0.39 is 10.0 Å². The molecule has 1 unspecified atom stereocenters. The van der Waals surface area contributed by atoms with Crippen LogP contribution in [0.25, 0.3) is 0 Å². The molecule has 0 radical (unpaired) electrons. The molecule has 2 aromatic rings. The van der Waals surface area contributed by atoms with E-state index in [0.717, 1.165) is 16.9 Å². The van der Waals surface area contributed by atoms with Crippen LogP contribution in [0.5, 0.6) is 5.75 Å². The van der Waals surface area contributed by atoms with E-state index in [0.29, 0.717) is 26.1 Å². The first-order valence-electron chi connectivity index (χ1n) is 9.52. The second kappa shape index (κ2) is 10.4. The lowest BCUT2D eigenvalue weighted by Crippen LogP contribution is -2.43. The van der Waals surface area contributed by atoms with Crippen molar-refractivity contribution in [3.8, 4) is 5.75 Å². The predicted molar refractivity (Wildman–Crippen MR) is 113 cm³/mol. The van der Waals surface area contributed by atoms with Gasteiger partial charge in [0, 0.05) is 13.1 Å². The molecule has 0 bridgehead atoms. The normalized spacial score (nSPS) is 12.6. The average Bonchev–Trinajstić information content (AvgIpc) is 2.68. The standard InChI is InChI=1S/C21H29N3O4S/c1-4-28-19-9-5-18(6-10-19)15-24(3)16(2)21(25)23-14-13-17-7-11-20(12-8-17)29(22,26)27/h5-12,16H,4,13-15H2,1-3H3,(H,23,25)(H2,22,26,27). The summed E-state index contributed by atoms with van der Waals surface area (Å²) < 4.78 is 28.0. The Balaban J connectivity index is 1.80. The molecular weight excluding hydrogens is 390 g/mol. The van der Waals surface area contributed by atoms with E-state index in [-0.39, 0.29) is 16.8 Å². The number of hydrogen-bond donors (Lipinski definition) is 2. The summed E-state index contributed by atoms with van der Waals surface area (Å²) in [5.41, 5.74) is 2.03. The number of nitrogens with two attached hydrogens (primary N) is 1. The summed E-state index contributed by atoms with van der Waals surface area (Å²) in [6.07, 6.45) is 0.603. The van der Waals surface area contributed by atoms with Crippen LogP contribution < -0.4 is 15.2 Å². The summed E-state index contributed by atoms with van der Waals surface area (Å²) in [6, 6.07) is 13.9. The van der Waals surface area contributed by atoms with E-state index in [9.17, 15) is 13.2 Å². The fourth-order valence-corrected chi connectivity index (χ4v) is 3.32. The molecule has 29 heavy (non-hydrogen) atoms. The molecule has 0 heterocycles. The number of hydrogen-bond acceptors (Lipinski definition) is 5. The maximum Gasteiger partial charge on any atom is 0.238 e. The minimum absolute atomic E-state index is 0.0559. The van der Waals surface area contributed by atoms with E-state index in [1.807, 2.05) is 50.1 Å². The summed E-state index contributed by atoms with van der Waals surface area (Å²) in [7, 11) is -1.78. The van der Waals surface area contributed by atoms with Gasteiger partial charge < -0.3 is 10.1 Å². The van der Waals surface area contributed by atoms with Crippen LogP contribution in [-0.4, -0.2) is 45.5 Å². The highest BCUT2D eigenvalue weighted by atomic mass is 32.2. The van der Waals surface area contributed by atoms with E-state index in [1.165, 1.54) is 12.1 Å². The van der Waals surface area contributed by atoms with Crippen molar-refractivity contribution in [2.45, 2.75) is 37.8 Å². The molecule has 0 saturated carbocycles. The zero-order valence-electron chi connectivity index (χ0n) is 17.1. The summed E-state index contributed by atoms with van der Waals surface area (Å²) in [6.45, 7) is 5.56. The van der Waals surface area contributed by atoms with E-state index >= 15 is 0 Å². The Bertz CT molecular complexity index is 897. The smallest absolute Gasteiger partial charge is 0.238 e. The lowest BCUT2D eigenvalue weighted by atomic mass is 10.1. The SMILES string of the molecule is CCOc1ccc(CN(C)C(C)C(=O)NCCc2ccc(S(N)(=O)=O)cc2)cc1. The number of ether oxygens (including phenoxy) is 1. The summed E-state index contributed by atoms with van der Waals surface area (Å²) in [4.78, 5) is 14.5. The van der Waals surface area contributed by atoms with Crippen LogP contribution in [0.15, 0.2) is 53.4 Å². The number of nitrogens with zero attached hydrogens (tertiary/aromatic N) is 1. The van der Waals surface area contributed by atoms with Gasteiger partial charge in [-0.05, 0) is 62.7 Å². The van der Waals surface area contributed by atoms with Crippen LogP contribution in [0, 0.1) is 0 Å². The van der Waals surface area contributed by atoms with Crippen molar-refractivity contribution in [2.75, 3.05) is 20.2 Å². The van der Waals surface area contributed by atoms with Gasteiger partial charge in [-0.15, -0.1) is 0 Å². The zero-order chi connectivity index (χ0) is 21.4. The van der Waals surface area contributed by atoms with Crippen LogP contribution >= 0.6 is 0 Å². The molecule has 7 nitrogen and oxygen atoms in total. The molecule has 8 heteroatoms. The fourth-order valence-electron chi connectivity index (χ4n) is 2.81. The van der Waals surface area contributed by atoms with Gasteiger partial charge in [0.05, 0.1) is 17.5 Å². The maximum atomic E-state index is 12.4. The number of rotatable bonds is 10. The number of carbonyl (C=O) groups excluding carboxylic acids is 1. The van der Waals surface area contributed by atoms with Crippen molar-refractivity contribution >= 4 is 15.9 Å². The zero-order valence-corrected chi connectivity index (χ0v) is 17.9. The molecule has 0 aliphatic heterocycles. The second-order valence-corrected chi connectivity index (χ2v) is 8.46. The fraction of sp³-hybridized carbons (Fsp3) is 0.381. The van der Waals surface area contributed by atoms with Gasteiger partial charge in [0.15, 0.2) is 0 Å². The van der Waals surface area contributed by atoms with Crippen molar-refractivity contribution < 1.29 is 17.9 Å². The molecule has 0 aliphatic rings. The highest BCUT2D eigenvalue weighted by molar-refractivity contribution is 7.89. The molecule has 158 valence electrons. The Kier molecular flexibility index (Phi) is 8.19. The van der Waals surface area contributed by atoms with Gasteiger partial charge in [0.25, 0.3) is 0 Å². The second-order valence-electron chi connectivity index (χ2n) is 6.90. The minimum Gasteiger partial charge on any atom is -0.494 e. The summed E-state index contributed by atoms with van der Waals surface area (Å²) in [5, 5.41) is 8.01. The molecule has 3 N–H and O–H groups in total. The third kappa shape index (κ3) is 7.16. The molecule has 0 spiro atoms. The van der Waals surface area contributed by atoms with Gasteiger partial charge in [-0.3, -0.25) is 9.69 Å². The lowest BCUT2D eigenvalue weighted by molar-refractivity contribution is -0.125. The van der Waals surface area contributed by atoms with Gasteiger partial charge in [0.2, 0.25) is 15.9 Å². The highest BCUT2D eigenvalue weighted by Gasteiger charge is 2.17. The summed E-state index contributed by atoms with van der Waals surface area (Å²) in [5.74, 6) is 0.779. The van der Waals surface area contributed by atoms with E-state index in [2.05, 4.69) is 5.32 Å². The molecule has 0 aliphatic carbocycles. The quantitative estimate of drug-likeness (QED) is 0.613. The van der Waals surface area contributed by atoms with Crippen molar-refractivity contribution in [3.63, 3.8) is 0 Å². The van der Waals surface area contributed by atoms with Crippen LogP contribution in [0.1, 0.15) is 25.0 Å². The first kappa shape index (κ1) is 22.9. The third-order valence-corrected chi connectivity index (χ3v) is 5.60. The molecule has 1 amide bonds. The number of likely N-dealkylation sites (N-methyl/N-ethyl adjacent to an activating group) is 1. The Hall–Kier alpha value is -2.42. The third-order valence-electron chi connectivity index (χ3n) is 4.67. The van der Waals surface area contributed by atoms with Crippen molar-refractivity contribution in [2.24, 2.45) is 5.14 Å². The molecule has 0 fully saturated rings. The molecule has 1 atom stereocenters. The van der Waals surface area contributed by atoms with Gasteiger partial charge in [-0.2, -0.15) is 0 Å². The number of carbonyl (C=O) groups is 1. The Labute approximate surface area is 172 Å². The predicted octanol–water partition coefficient (Wildman–Crippen LogP) is 1.91. The van der Waals surface area contributed by atoms with Crippen molar-refractivity contribution in [1.82, 2.24) is 10.2 Å². The van der Waals surface area contributed by atoms with Crippen LogP contribution in [-0.2, 0) is 27.8 Å². The number of benzene rings is 2. The largest absolute Gasteiger partial charge is 0.494 e. The summed E-state index contributed by atoms with van der Waals surface area (Å²) >= 11 is 0. The number of primary sulfonamides is 1. The van der Waals surface area contributed by atoms with Gasteiger partial charge in [0.1, 0.15) is 5.75 Å². The van der Waals surface area contributed by atoms with Gasteiger partial charge in [-0.1, -0.05) is 24.3 Å². The first-order chi connectivity index (χ1) is 13.7. The van der Waals surface area contributed by atoms with Crippen LogP contribution in [0.2, 0.25) is 0 Å². The number of nitrogens with one attached hydrogen (secondary N) is 1. The number of amides is 1. The van der Waals surface area contributed by atoms with Crippen LogP contribution in [0.3, 0.4) is 0 Å². The molecule has 2 aromatic carbocycles. The van der Waals surface area contributed by atoms with E-state index in [1.54, 1.807) is 12.1 Å². The van der Waals surface area contributed by atoms with E-state index in [4.69, 9.17) is 9.88 Å². The molecule has 0 saturated heterocycles. The minimum atomic E-state index is -3.69. The maximum absolute atomic E-state index is 12.4. The Morgan fingerprint density at radius 1 is 1.10 bits per heavy atom. The highest BCUT2D eigenvalue weighted by Crippen LogP contribution is 2.14. The van der Waals surface area contributed by atoms with Gasteiger partial charge >= 0.3 is 0 Å². The lowest BCUT2D eigenvalue weighted by Gasteiger charge is -2.24. The Morgan fingerprint density at radius 3 is 2.24 bits per heavy atom. The first-order valence-corrected chi connectivity index (χ1v) is 11.1. The molecule has 2 rings (SSSR count). The Morgan fingerprint density at radius 2 is 1.69 bits per heavy atom. The molecule has 0 aromatic heterocycles. The van der Waals surface area contributed by atoms with Crippen LogP contribution in [0.4, 0.5) is 0 Å². The van der Waals surface area contributed by atoms with Crippen molar-refractivity contribution in [1.29, 1.82) is 0 Å². The topological polar surface area (TPSA) is 102 Å². The molecular formula is C21H29N3O4S. The van der Waals surface area contributed by atoms with Gasteiger partial charge in [-0.25, -0.2) is 13.6 Å². The number of sulfonamides is 1.